The summed E-state index contributed by atoms with van der Waals surface area (Å²) in [6, 6.07) is 2.42. The number of phenols is 1. The second-order valence-electron chi connectivity index (χ2n) is 3.47. The number of rotatable bonds is 3. The average Bonchev–Trinajstić information content (AvgIpc) is 2.17. The van der Waals surface area contributed by atoms with Gasteiger partial charge >= 0.3 is 6.18 Å². The Morgan fingerprint density at radius 1 is 1.29 bits per heavy atom. The van der Waals surface area contributed by atoms with Crippen LogP contribution in [0.1, 0.15) is 24.4 Å². The van der Waals surface area contributed by atoms with Crippen LogP contribution in [-0.2, 0) is 0 Å². The molecule has 0 aromatic heterocycles. The fraction of sp³-hybridized carbons (Fsp3) is 0.400. The summed E-state index contributed by atoms with van der Waals surface area (Å²) >= 11 is 0. The maximum atomic E-state index is 12.9. The normalized spacial score (nSPS) is 13.0. The van der Waals surface area contributed by atoms with E-state index >= 15 is 0 Å². The number of aromatic hydroxyl groups is 1. The Morgan fingerprint density at radius 3 is 2.35 bits per heavy atom. The molecular formula is C10H12ClF4NO. The van der Waals surface area contributed by atoms with Crippen LogP contribution in [0.2, 0.25) is 0 Å². The van der Waals surface area contributed by atoms with Gasteiger partial charge in [-0.1, -0.05) is 6.07 Å². The van der Waals surface area contributed by atoms with Crippen molar-refractivity contribution < 1.29 is 22.7 Å². The standard InChI is InChI=1S/C10H11F4NO.ClH/c11-7-5-6(1-2-9(7)16)8(15)3-4-10(12,13)14;/h1-2,5,8,16H,3-4,15H2;1H/t8-;/m0./s1. The number of alkyl halides is 3. The minimum atomic E-state index is -4.27. The number of halogens is 5. The lowest BCUT2D eigenvalue weighted by atomic mass is 10.0. The Bertz CT molecular complexity index is 370. The zero-order valence-electron chi connectivity index (χ0n) is 8.67. The first-order chi connectivity index (χ1) is 7.29. The van der Waals surface area contributed by atoms with Crippen LogP contribution in [0.3, 0.4) is 0 Å². The SMILES string of the molecule is Cl.N[C@@H](CCC(F)(F)F)c1ccc(O)c(F)c1. The fourth-order valence-electron chi connectivity index (χ4n) is 1.24. The van der Waals surface area contributed by atoms with Gasteiger partial charge in [0.05, 0.1) is 0 Å². The van der Waals surface area contributed by atoms with Gasteiger partial charge in [-0.3, -0.25) is 0 Å². The van der Waals surface area contributed by atoms with E-state index in [2.05, 4.69) is 0 Å². The molecule has 0 radical (unpaired) electrons. The molecule has 0 unspecified atom stereocenters. The summed E-state index contributed by atoms with van der Waals surface area (Å²) in [7, 11) is 0. The maximum absolute atomic E-state index is 12.9. The molecule has 0 amide bonds. The molecule has 1 rings (SSSR count). The van der Waals surface area contributed by atoms with Gasteiger partial charge in [-0.15, -0.1) is 12.4 Å². The summed E-state index contributed by atoms with van der Waals surface area (Å²) in [5, 5.41) is 8.89. The van der Waals surface area contributed by atoms with E-state index in [1.165, 1.54) is 6.07 Å². The Kier molecular flexibility index (Phi) is 5.71. The van der Waals surface area contributed by atoms with E-state index in [1.54, 1.807) is 0 Å². The second-order valence-corrected chi connectivity index (χ2v) is 3.47. The Morgan fingerprint density at radius 2 is 1.88 bits per heavy atom. The van der Waals surface area contributed by atoms with Crippen LogP contribution in [0.4, 0.5) is 17.6 Å². The van der Waals surface area contributed by atoms with E-state index in [9.17, 15) is 17.6 Å². The molecule has 0 saturated carbocycles. The predicted molar refractivity (Wildman–Crippen MR) is 57.5 cm³/mol. The van der Waals surface area contributed by atoms with Gasteiger partial charge in [-0.2, -0.15) is 13.2 Å². The molecule has 0 aliphatic rings. The highest BCUT2D eigenvalue weighted by molar-refractivity contribution is 5.85. The van der Waals surface area contributed by atoms with E-state index in [-0.39, 0.29) is 24.4 Å². The van der Waals surface area contributed by atoms with Gasteiger partial charge in [0.15, 0.2) is 11.6 Å². The number of nitrogens with two attached hydrogens (primary N) is 1. The van der Waals surface area contributed by atoms with Crippen molar-refractivity contribution in [1.29, 1.82) is 0 Å². The van der Waals surface area contributed by atoms with Crippen LogP contribution in [-0.4, -0.2) is 11.3 Å². The van der Waals surface area contributed by atoms with Crippen LogP contribution < -0.4 is 5.73 Å². The maximum Gasteiger partial charge on any atom is 0.389 e. The quantitative estimate of drug-likeness (QED) is 0.830. The zero-order valence-corrected chi connectivity index (χ0v) is 9.48. The molecule has 0 fully saturated rings. The van der Waals surface area contributed by atoms with Gasteiger partial charge in [0.25, 0.3) is 0 Å². The van der Waals surface area contributed by atoms with Gasteiger partial charge in [0, 0.05) is 12.5 Å². The molecule has 0 heterocycles. The minimum Gasteiger partial charge on any atom is -0.505 e. The van der Waals surface area contributed by atoms with Crippen LogP contribution in [0.15, 0.2) is 18.2 Å². The number of benzene rings is 1. The van der Waals surface area contributed by atoms with Crippen molar-refractivity contribution in [2.45, 2.75) is 25.1 Å². The number of hydrogen-bond donors (Lipinski definition) is 2. The highest BCUT2D eigenvalue weighted by Crippen LogP contribution is 2.27. The summed E-state index contributed by atoms with van der Waals surface area (Å²) in [5.41, 5.74) is 5.71. The summed E-state index contributed by atoms with van der Waals surface area (Å²) in [5.74, 6) is -1.44. The Labute approximate surface area is 102 Å². The molecule has 7 heteroatoms. The smallest absolute Gasteiger partial charge is 0.389 e. The third-order valence-corrected chi connectivity index (χ3v) is 2.14. The topological polar surface area (TPSA) is 46.2 Å². The van der Waals surface area contributed by atoms with Crippen LogP contribution in [0.25, 0.3) is 0 Å². The van der Waals surface area contributed by atoms with Gasteiger partial charge in [-0.25, -0.2) is 4.39 Å². The lowest BCUT2D eigenvalue weighted by Crippen LogP contribution is -2.15. The van der Waals surface area contributed by atoms with E-state index < -0.39 is 30.2 Å². The summed E-state index contributed by atoms with van der Waals surface area (Å²) < 4.78 is 48.6. The molecule has 0 aliphatic heterocycles. The van der Waals surface area contributed by atoms with Crippen LogP contribution in [0.5, 0.6) is 5.75 Å². The van der Waals surface area contributed by atoms with E-state index in [0.717, 1.165) is 12.1 Å². The molecule has 0 aliphatic carbocycles. The molecule has 3 N–H and O–H groups in total. The second kappa shape index (κ2) is 6.07. The highest BCUT2D eigenvalue weighted by Gasteiger charge is 2.27. The van der Waals surface area contributed by atoms with Gasteiger partial charge in [-0.05, 0) is 24.1 Å². The molecule has 17 heavy (non-hydrogen) atoms. The Hall–Kier alpha value is -1.01. The first kappa shape index (κ1) is 16.0. The molecule has 1 aromatic rings. The van der Waals surface area contributed by atoms with E-state index in [4.69, 9.17) is 10.8 Å². The minimum absolute atomic E-state index is 0. The zero-order chi connectivity index (χ0) is 12.3. The largest absolute Gasteiger partial charge is 0.505 e. The lowest BCUT2D eigenvalue weighted by molar-refractivity contribution is -0.136. The molecule has 0 saturated heterocycles. The number of phenolic OH excluding ortho intramolecular Hbond substituents is 1. The molecule has 2 nitrogen and oxygen atoms in total. The fourth-order valence-corrected chi connectivity index (χ4v) is 1.24. The van der Waals surface area contributed by atoms with E-state index in [0.29, 0.717) is 0 Å². The van der Waals surface area contributed by atoms with Crippen molar-refractivity contribution in [3.63, 3.8) is 0 Å². The van der Waals surface area contributed by atoms with Crippen molar-refractivity contribution in [2.75, 3.05) is 0 Å². The van der Waals surface area contributed by atoms with Crippen molar-refractivity contribution in [2.24, 2.45) is 5.73 Å². The van der Waals surface area contributed by atoms with Gasteiger partial charge < -0.3 is 10.8 Å². The number of hydrogen-bond acceptors (Lipinski definition) is 2. The molecule has 98 valence electrons. The first-order valence-corrected chi connectivity index (χ1v) is 4.60. The monoisotopic (exact) mass is 273 g/mol. The molecule has 0 bridgehead atoms. The third kappa shape index (κ3) is 5.23. The average molecular weight is 274 g/mol. The molecular weight excluding hydrogens is 262 g/mol. The molecule has 1 atom stereocenters. The molecule has 1 aromatic carbocycles. The third-order valence-electron chi connectivity index (χ3n) is 2.14. The summed E-state index contributed by atoms with van der Waals surface area (Å²) in [6.45, 7) is 0. The van der Waals surface area contributed by atoms with E-state index in [1.807, 2.05) is 0 Å². The van der Waals surface area contributed by atoms with Crippen molar-refractivity contribution in [3.8, 4) is 5.75 Å². The predicted octanol–water partition coefficient (Wildman–Crippen LogP) is 3.30. The van der Waals surface area contributed by atoms with Crippen LogP contribution in [0, 0.1) is 5.82 Å². The van der Waals surface area contributed by atoms with Crippen molar-refractivity contribution in [1.82, 2.24) is 0 Å². The van der Waals surface area contributed by atoms with Gasteiger partial charge in [0.1, 0.15) is 0 Å². The van der Waals surface area contributed by atoms with Gasteiger partial charge in [0.2, 0.25) is 0 Å². The molecule has 0 spiro atoms. The lowest BCUT2D eigenvalue weighted by Gasteiger charge is -2.13. The summed E-state index contributed by atoms with van der Waals surface area (Å²) in [6.07, 6.45) is -5.60. The summed E-state index contributed by atoms with van der Waals surface area (Å²) in [4.78, 5) is 0. The van der Waals surface area contributed by atoms with Crippen molar-refractivity contribution >= 4 is 12.4 Å². The first-order valence-electron chi connectivity index (χ1n) is 4.60. The van der Waals surface area contributed by atoms with Crippen molar-refractivity contribution in [3.05, 3.63) is 29.6 Å². The Balaban J connectivity index is 0.00000256. The van der Waals surface area contributed by atoms with Crippen LogP contribution >= 0.6 is 12.4 Å². The highest BCUT2D eigenvalue weighted by atomic mass is 35.5.